The molecule has 138 valence electrons. The summed E-state index contributed by atoms with van der Waals surface area (Å²) < 4.78 is 0. The van der Waals surface area contributed by atoms with Crippen LogP contribution in [0.4, 0.5) is 0 Å². The van der Waals surface area contributed by atoms with E-state index in [0.29, 0.717) is 32.7 Å². The molecule has 3 N–H and O–H groups in total. The van der Waals surface area contributed by atoms with Gasteiger partial charge in [-0.2, -0.15) is 0 Å². The fourth-order valence-electron chi connectivity index (χ4n) is 3.14. The van der Waals surface area contributed by atoms with Crippen LogP contribution in [-0.4, -0.2) is 21.7 Å². The largest absolute Gasteiger partial charge is 0.366 e. The average Bonchev–Trinajstić information content (AvgIpc) is 3.14. The number of H-pyrrole nitrogens is 1. The van der Waals surface area contributed by atoms with Gasteiger partial charge in [-0.05, 0) is 41.5 Å². The van der Waals surface area contributed by atoms with Gasteiger partial charge in [-0.25, -0.2) is 4.98 Å². The maximum Gasteiger partial charge on any atom is 0.248 e. The van der Waals surface area contributed by atoms with Crippen molar-refractivity contribution in [2.45, 2.75) is 0 Å². The third-order valence-electron chi connectivity index (χ3n) is 4.47. The smallest absolute Gasteiger partial charge is 0.248 e. The lowest BCUT2D eigenvalue weighted by atomic mass is 9.96. The van der Waals surface area contributed by atoms with Crippen molar-refractivity contribution >= 4 is 45.9 Å². The Morgan fingerprint density at radius 2 is 1.79 bits per heavy atom. The molecule has 0 aliphatic rings. The van der Waals surface area contributed by atoms with Gasteiger partial charge < -0.3 is 10.7 Å². The molecule has 7 heteroatoms. The van der Waals surface area contributed by atoms with Gasteiger partial charge in [0, 0.05) is 28.9 Å². The Bertz CT molecular complexity index is 1250. The molecule has 1 amide bonds. The molecule has 2 aromatic heterocycles. The van der Waals surface area contributed by atoms with Gasteiger partial charge in [0.05, 0.1) is 15.6 Å². The summed E-state index contributed by atoms with van der Waals surface area (Å²) in [6.07, 6.45) is 3.23. The Morgan fingerprint density at radius 3 is 2.57 bits per heavy atom. The van der Waals surface area contributed by atoms with Crippen molar-refractivity contribution in [1.29, 1.82) is 0 Å². The first kappa shape index (κ1) is 18.2. The number of ketones is 1. The standard InChI is InChI=1S/C21H13Cl2N3O2/c22-16-6-2-5-14(18(16)23)19(27)15-10-26-21-17(15)13(7-8-25-21)11-3-1-4-12(9-11)20(24)28/h1-10H,(H2,24,28)(H,25,26). The molecule has 0 bridgehead atoms. The second kappa shape index (κ2) is 7.11. The fourth-order valence-corrected chi connectivity index (χ4v) is 3.53. The highest BCUT2D eigenvalue weighted by molar-refractivity contribution is 6.44. The zero-order chi connectivity index (χ0) is 19.8. The molecular formula is C21H13Cl2N3O2. The van der Waals surface area contributed by atoms with E-state index in [1.54, 1.807) is 54.9 Å². The Morgan fingerprint density at radius 1 is 1.00 bits per heavy atom. The summed E-state index contributed by atoms with van der Waals surface area (Å²) in [6.45, 7) is 0. The average molecular weight is 410 g/mol. The first-order valence-corrected chi connectivity index (χ1v) is 9.08. The first-order chi connectivity index (χ1) is 13.5. The van der Waals surface area contributed by atoms with Crippen LogP contribution in [0.1, 0.15) is 26.3 Å². The lowest BCUT2D eigenvalue weighted by molar-refractivity contribution is 0.0998. The zero-order valence-electron chi connectivity index (χ0n) is 14.4. The second-order valence-corrected chi connectivity index (χ2v) is 6.95. The molecule has 2 aromatic carbocycles. The molecule has 4 rings (SSSR count). The Labute approximate surface area is 170 Å². The van der Waals surface area contributed by atoms with Crippen molar-refractivity contribution in [3.05, 3.63) is 87.7 Å². The van der Waals surface area contributed by atoms with Crippen LogP contribution < -0.4 is 5.73 Å². The van der Waals surface area contributed by atoms with E-state index in [1.165, 1.54) is 0 Å². The summed E-state index contributed by atoms with van der Waals surface area (Å²) in [4.78, 5) is 32.1. The van der Waals surface area contributed by atoms with E-state index < -0.39 is 5.91 Å². The van der Waals surface area contributed by atoms with Gasteiger partial charge in [0.1, 0.15) is 5.65 Å². The molecule has 0 aliphatic heterocycles. The molecule has 0 atom stereocenters. The van der Waals surface area contributed by atoms with Crippen molar-refractivity contribution in [2.24, 2.45) is 5.73 Å². The number of aromatic amines is 1. The lowest BCUT2D eigenvalue weighted by Crippen LogP contribution is -2.10. The Balaban J connectivity index is 1.93. The Kier molecular flexibility index (Phi) is 4.63. The minimum absolute atomic E-state index is 0.199. The summed E-state index contributed by atoms with van der Waals surface area (Å²) in [5.41, 5.74) is 8.52. The highest BCUT2D eigenvalue weighted by atomic mass is 35.5. The molecule has 4 aromatic rings. The highest BCUT2D eigenvalue weighted by Gasteiger charge is 2.21. The van der Waals surface area contributed by atoms with Crippen LogP contribution in [-0.2, 0) is 0 Å². The molecule has 28 heavy (non-hydrogen) atoms. The SMILES string of the molecule is NC(=O)c1cccc(-c2ccnc3[nH]cc(C(=O)c4cccc(Cl)c4Cl)c23)c1. The van der Waals surface area contributed by atoms with Crippen LogP contribution in [0.3, 0.4) is 0 Å². The number of halogens is 2. The number of hydrogen-bond donors (Lipinski definition) is 2. The minimum Gasteiger partial charge on any atom is -0.366 e. The number of amides is 1. The minimum atomic E-state index is -0.525. The molecule has 2 heterocycles. The molecular weight excluding hydrogens is 397 g/mol. The monoisotopic (exact) mass is 409 g/mol. The maximum absolute atomic E-state index is 13.2. The third-order valence-corrected chi connectivity index (χ3v) is 5.29. The van der Waals surface area contributed by atoms with Crippen LogP contribution in [0.5, 0.6) is 0 Å². The lowest BCUT2D eigenvalue weighted by Gasteiger charge is -2.08. The van der Waals surface area contributed by atoms with Crippen LogP contribution in [0.15, 0.2) is 60.9 Å². The van der Waals surface area contributed by atoms with E-state index in [1.807, 2.05) is 6.07 Å². The predicted octanol–water partition coefficient (Wildman–Crippen LogP) is 4.87. The third kappa shape index (κ3) is 3.05. The molecule has 0 spiro atoms. The van der Waals surface area contributed by atoms with Gasteiger partial charge in [0.25, 0.3) is 0 Å². The van der Waals surface area contributed by atoms with Gasteiger partial charge >= 0.3 is 0 Å². The van der Waals surface area contributed by atoms with Gasteiger partial charge in [0.15, 0.2) is 5.78 Å². The Hall–Kier alpha value is -3.15. The second-order valence-electron chi connectivity index (χ2n) is 6.16. The molecule has 0 radical (unpaired) electrons. The number of pyridine rings is 1. The molecule has 0 saturated heterocycles. The van der Waals surface area contributed by atoms with E-state index in [0.717, 1.165) is 11.1 Å². The number of carbonyl (C=O) groups excluding carboxylic acids is 2. The highest BCUT2D eigenvalue weighted by Crippen LogP contribution is 2.34. The van der Waals surface area contributed by atoms with Gasteiger partial charge in [-0.15, -0.1) is 0 Å². The van der Waals surface area contributed by atoms with E-state index in [9.17, 15) is 9.59 Å². The first-order valence-electron chi connectivity index (χ1n) is 8.32. The summed E-state index contributed by atoms with van der Waals surface area (Å²) >= 11 is 12.3. The van der Waals surface area contributed by atoms with Crippen LogP contribution >= 0.6 is 23.2 Å². The molecule has 0 saturated carbocycles. The van der Waals surface area contributed by atoms with Gasteiger partial charge in [-0.1, -0.05) is 41.4 Å². The number of hydrogen-bond acceptors (Lipinski definition) is 3. The summed E-state index contributed by atoms with van der Waals surface area (Å²) in [5.74, 6) is -0.803. The van der Waals surface area contributed by atoms with Crippen LogP contribution in [0.25, 0.3) is 22.2 Å². The number of aromatic nitrogens is 2. The summed E-state index contributed by atoms with van der Waals surface area (Å²) in [5, 5.41) is 1.13. The van der Waals surface area contributed by atoms with Crippen LogP contribution in [0.2, 0.25) is 10.0 Å². The van der Waals surface area contributed by atoms with Crippen molar-refractivity contribution in [3.63, 3.8) is 0 Å². The van der Waals surface area contributed by atoms with Gasteiger partial charge in [0.2, 0.25) is 5.91 Å². The molecule has 0 fully saturated rings. The van der Waals surface area contributed by atoms with E-state index in [4.69, 9.17) is 28.9 Å². The fraction of sp³-hybridized carbons (Fsp3) is 0. The molecule has 0 unspecified atom stereocenters. The summed E-state index contributed by atoms with van der Waals surface area (Å²) in [7, 11) is 0. The maximum atomic E-state index is 13.2. The van der Waals surface area contributed by atoms with E-state index >= 15 is 0 Å². The number of carbonyl (C=O) groups is 2. The predicted molar refractivity (Wildman–Crippen MR) is 110 cm³/mol. The number of rotatable bonds is 4. The zero-order valence-corrected chi connectivity index (χ0v) is 15.9. The number of primary amides is 1. The van der Waals surface area contributed by atoms with E-state index in [-0.39, 0.29) is 10.8 Å². The van der Waals surface area contributed by atoms with Crippen molar-refractivity contribution in [1.82, 2.24) is 9.97 Å². The van der Waals surface area contributed by atoms with Gasteiger partial charge in [-0.3, -0.25) is 9.59 Å². The quantitative estimate of drug-likeness (QED) is 0.471. The molecule has 0 aliphatic carbocycles. The normalized spacial score (nSPS) is 10.9. The van der Waals surface area contributed by atoms with Crippen LogP contribution in [0, 0.1) is 0 Å². The number of benzene rings is 2. The number of nitrogens with two attached hydrogens (primary N) is 1. The summed E-state index contributed by atoms with van der Waals surface area (Å²) in [6, 6.07) is 13.6. The van der Waals surface area contributed by atoms with Crippen molar-refractivity contribution in [2.75, 3.05) is 0 Å². The van der Waals surface area contributed by atoms with E-state index in [2.05, 4.69) is 9.97 Å². The van der Waals surface area contributed by atoms with Crippen molar-refractivity contribution < 1.29 is 9.59 Å². The number of nitrogens with one attached hydrogen (secondary N) is 1. The topological polar surface area (TPSA) is 88.8 Å². The number of nitrogens with zero attached hydrogens (tertiary/aromatic N) is 1. The number of fused-ring (bicyclic) bond motifs is 1. The molecule has 5 nitrogen and oxygen atoms in total. The van der Waals surface area contributed by atoms with Crippen molar-refractivity contribution in [3.8, 4) is 11.1 Å².